The Morgan fingerprint density at radius 1 is 0.569 bits per heavy atom. The fourth-order valence-corrected chi connectivity index (χ4v) is 8.47. The van der Waals surface area contributed by atoms with Crippen LogP contribution in [0.5, 0.6) is 0 Å². The van der Waals surface area contributed by atoms with Crippen LogP contribution in [0.15, 0.2) is 72.8 Å². The topological polar surface area (TPSA) is 0 Å². The van der Waals surface area contributed by atoms with E-state index in [-0.39, 0.29) is 46.5 Å². The normalized spacial score (nSPS) is 13.9. The summed E-state index contributed by atoms with van der Waals surface area (Å²) in [5.41, 5.74) is 15.1. The van der Waals surface area contributed by atoms with Crippen LogP contribution in [-0.2, 0) is 59.9 Å². The number of hydrogen-bond donors (Lipinski definition) is 0. The third-order valence-corrected chi connectivity index (χ3v) is 12.7. The standard InChI is InChI=1S/C29H41.C15H8Cl6.C5H7.2ClH.Zr/c1-26(2,3)22-14-18-13-19-15-23(27(4,5)6)25(29(10,11)12)17-21(19)20(18)16-24(22)28(7,8)9;16-14(17,18)12-5-1-3-10(8-12)7-11-4-2-6-13(9-11)15(19,20)21;1-2-4-5-3-1;;;/h14,16-17H,13H2,1-12H3;1-6,8-9H;1H,2,4-5H2;2*1H;/q-1;;-1;;;+2/p-2. The summed E-state index contributed by atoms with van der Waals surface area (Å²) in [7, 11) is 0. The summed E-state index contributed by atoms with van der Waals surface area (Å²) in [4.78, 5) is 0. The van der Waals surface area contributed by atoms with Gasteiger partial charge in [-0.15, -0.1) is 16.7 Å². The number of alkyl halides is 6. The molecule has 314 valence electrons. The summed E-state index contributed by atoms with van der Waals surface area (Å²) >= 11 is 36.9. The van der Waals surface area contributed by atoms with Gasteiger partial charge < -0.3 is 30.9 Å². The first-order chi connectivity index (χ1) is 25.5. The van der Waals surface area contributed by atoms with Crippen molar-refractivity contribution in [1.82, 2.24) is 0 Å². The molecule has 0 radical (unpaired) electrons. The van der Waals surface area contributed by atoms with Gasteiger partial charge in [-0.3, -0.25) is 6.08 Å². The van der Waals surface area contributed by atoms with Crippen molar-refractivity contribution in [2.45, 2.75) is 138 Å². The Labute approximate surface area is 407 Å². The molecular weight excluding hydrogens is 963 g/mol. The third-order valence-electron chi connectivity index (χ3n) is 10.0. The molecule has 0 aromatic heterocycles. The van der Waals surface area contributed by atoms with Gasteiger partial charge in [-0.1, -0.05) is 119 Å². The predicted octanol–water partition coefficient (Wildman–Crippen LogP) is 10.2. The van der Waals surface area contributed by atoms with Crippen LogP contribution in [0.2, 0.25) is 0 Å². The van der Waals surface area contributed by atoms with Crippen LogP contribution >= 0.6 is 69.6 Å². The molecule has 0 atom stereocenters. The summed E-state index contributed by atoms with van der Waals surface area (Å²) in [5, 5.41) is 0. The van der Waals surface area contributed by atoms with Crippen molar-refractivity contribution in [2.24, 2.45) is 0 Å². The predicted molar refractivity (Wildman–Crippen MR) is 245 cm³/mol. The van der Waals surface area contributed by atoms with Gasteiger partial charge in [0, 0.05) is 0 Å². The SMILES string of the molecule is CC(C)(C)c1[c-]c2c(cc1C(C)(C)C)-c1cc(C(C)(C)C)c(C(C)(C)C)cc1C2.ClC(Cl)(Cl)c1cccc([C](=[Zr+2])c2cccc(C(Cl)(Cl)Cl)c2)c1.[C-]1=CCCC1.[Cl-].[Cl-]. The maximum Gasteiger partial charge on any atom is -0.0694 e. The van der Waals surface area contributed by atoms with Crippen molar-refractivity contribution in [2.75, 3.05) is 0 Å². The molecule has 2 aliphatic rings. The van der Waals surface area contributed by atoms with E-state index >= 15 is 0 Å². The summed E-state index contributed by atoms with van der Waals surface area (Å²) in [6, 6.07) is 26.3. The second-order valence-electron chi connectivity index (χ2n) is 19.0. The molecule has 0 bridgehead atoms. The smallest absolute Gasteiger partial charge is 0.0694 e. The largest absolute Gasteiger partial charge is 1.00 e. The first kappa shape index (κ1) is 53.8. The molecule has 6 rings (SSSR count). The van der Waals surface area contributed by atoms with Gasteiger partial charge in [-0.2, -0.15) is 24.1 Å². The van der Waals surface area contributed by atoms with Crippen molar-refractivity contribution in [3.8, 4) is 11.1 Å². The Balaban J connectivity index is 0.000000354. The molecular formula is C49H56Cl8Zr-2. The maximum absolute atomic E-state index is 5.94. The maximum atomic E-state index is 5.94. The van der Waals surface area contributed by atoms with Crippen molar-refractivity contribution < 1.29 is 49.0 Å². The Hall–Kier alpha value is -0.307. The number of benzene rings is 4. The van der Waals surface area contributed by atoms with E-state index in [9.17, 15) is 0 Å². The molecule has 0 heterocycles. The van der Waals surface area contributed by atoms with E-state index in [1.165, 1.54) is 88.0 Å². The van der Waals surface area contributed by atoms with Crippen LogP contribution in [0.25, 0.3) is 11.1 Å². The van der Waals surface area contributed by atoms with E-state index < -0.39 is 7.59 Å². The molecule has 0 saturated heterocycles. The van der Waals surface area contributed by atoms with Gasteiger partial charge in [0.2, 0.25) is 0 Å². The monoisotopic (exact) mass is 1010 g/mol. The van der Waals surface area contributed by atoms with Gasteiger partial charge in [-0.25, -0.2) is 0 Å². The van der Waals surface area contributed by atoms with E-state index in [1.54, 1.807) is 12.1 Å². The molecule has 0 unspecified atom stereocenters. The molecule has 58 heavy (non-hydrogen) atoms. The molecule has 4 aromatic rings. The zero-order valence-electron chi connectivity index (χ0n) is 35.8. The number of hydrogen-bond acceptors (Lipinski definition) is 0. The van der Waals surface area contributed by atoms with Crippen LogP contribution in [0.3, 0.4) is 0 Å². The number of halogens is 8. The van der Waals surface area contributed by atoms with Gasteiger partial charge in [0.1, 0.15) is 0 Å². The van der Waals surface area contributed by atoms with Crippen molar-refractivity contribution >= 4 is 72.8 Å². The van der Waals surface area contributed by atoms with E-state index in [1.807, 2.05) is 36.4 Å². The Kier molecular flexibility index (Phi) is 19.0. The van der Waals surface area contributed by atoms with Crippen LogP contribution in [0, 0.1) is 12.1 Å². The quantitative estimate of drug-likeness (QED) is 0.122. The van der Waals surface area contributed by atoms with Gasteiger partial charge in [0.25, 0.3) is 0 Å². The van der Waals surface area contributed by atoms with E-state index in [2.05, 4.69) is 120 Å². The van der Waals surface area contributed by atoms with Gasteiger partial charge >= 0.3 is 175 Å². The van der Waals surface area contributed by atoms with Crippen LogP contribution in [0.1, 0.15) is 158 Å². The van der Waals surface area contributed by atoms with Crippen molar-refractivity contribution in [3.05, 3.63) is 141 Å². The fourth-order valence-electron chi connectivity index (χ4n) is 7.00. The molecule has 0 spiro atoms. The van der Waals surface area contributed by atoms with Gasteiger partial charge in [-0.05, 0) is 39.4 Å². The minimum atomic E-state index is -1.45. The summed E-state index contributed by atoms with van der Waals surface area (Å²) < 4.78 is -1.82. The second-order valence-corrected chi connectivity index (χ2v) is 24.8. The second kappa shape index (κ2) is 20.5. The molecule has 2 aliphatic carbocycles. The van der Waals surface area contributed by atoms with Crippen LogP contribution < -0.4 is 24.8 Å². The summed E-state index contributed by atoms with van der Waals surface area (Å²) in [6.45, 7) is 28.0. The summed E-state index contributed by atoms with van der Waals surface area (Å²) in [5.74, 6) is 0. The van der Waals surface area contributed by atoms with E-state index in [0.29, 0.717) is 11.1 Å². The molecule has 9 heteroatoms. The minimum absolute atomic E-state index is 0. The zero-order chi connectivity index (χ0) is 42.2. The number of rotatable bonds is 2. The van der Waals surface area contributed by atoms with Crippen molar-refractivity contribution in [3.63, 3.8) is 0 Å². The first-order valence-electron chi connectivity index (χ1n) is 19.3. The van der Waals surface area contributed by atoms with E-state index in [4.69, 9.17) is 69.6 Å². The van der Waals surface area contributed by atoms with Gasteiger partial charge in [0.15, 0.2) is 0 Å². The van der Waals surface area contributed by atoms with E-state index in [0.717, 1.165) is 20.8 Å². The Bertz CT molecular complexity index is 1930. The third kappa shape index (κ3) is 14.1. The Morgan fingerprint density at radius 3 is 1.38 bits per heavy atom. The summed E-state index contributed by atoms with van der Waals surface area (Å²) in [6.07, 6.45) is 10.0. The zero-order valence-corrected chi connectivity index (χ0v) is 44.3. The van der Waals surface area contributed by atoms with Gasteiger partial charge in [0.05, 0.1) is 0 Å². The first-order valence-corrected chi connectivity index (χ1v) is 22.8. The average Bonchev–Trinajstić information content (AvgIpc) is 3.77. The molecule has 0 aliphatic heterocycles. The fraction of sp³-hybridized carbons (Fsp3) is 0.449. The molecule has 0 saturated carbocycles. The van der Waals surface area contributed by atoms with Crippen LogP contribution in [-0.4, -0.2) is 3.21 Å². The molecule has 0 amide bonds. The number of fused-ring (bicyclic) bond motifs is 3. The molecule has 0 fully saturated rings. The number of allylic oxidation sites excluding steroid dienone is 2. The average molecular weight is 1020 g/mol. The Morgan fingerprint density at radius 2 is 1.02 bits per heavy atom. The van der Waals surface area contributed by atoms with Crippen LogP contribution in [0.4, 0.5) is 0 Å². The molecule has 0 N–H and O–H groups in total. The molecule has 4 aromatic carbocycles. The van der Waals surface area contributed by atoms with Crippen molar-refractivity contribution in [1.29, 1.82) is 0 Å². The minimum Gasteiger partial charge on any atom is -1.00 e. The molecule has 0 nitrogen and oxygen atoms in total.